The molecule has 0 spiro atoms. The van der Waals surface area contributed by atoms with Crippen LogP contribution in [0.3, 0.4) is 0 Å². The van der Waals surface area contributed by atoms with Gasteiger partial charge in [-0.15, -0.1) is 0 Å². The molecule has 11 rings (SSSR count). The molecule has 0 saturated carbocycles. The summed E-state index contributed by atoms with van der Waals surface area (Å²) in [5.74, 6) is 0. The van der Waals surface area contributed by atoms with Crippen molar-refractivity contribution in [1.29, 1.82) is 0 Å². The average molecular weight is 776 g/mol. The van der Waals surface area contributed by atoms with E-state index >= 15 is 0 Å². The van der Waals surface area contributed by atoms with Gasteiger partial charge in [0.25, 0.3) is 0 Å². The van der Waals surface area contributed by atoms with Crippen molar-refractivity contribution in [3.8, 4) is 44.5 Å². The Bertz CT molecular complexity index is 3150. The zero-order chi connectivity index (χ0) is 35.2. The summed E-state index contributed by atoms with van der Waals surface area (Å²) in [6, 6.07) is 50.5. The quantitative estimate of drug-likeness (QED) is 0.123. The summed E-state index contributed by atoms with van der Waals surface area (Å²) < 4.78 is 2.94. The van der Waals surface area contributed by atoms with Crippen LogP contribution in [0.2, 0.25) is 0 Å². The molecule has 250 valence electrons. The summed E-state index contributed by atoms with van der Waals surface area (Å²) in [5.41, 5.74) is 13.4. The van der Waals surface area contributed by atoms with Crippen molar-refractivity contribution in [2.75, 3.05) is 0 Å². The van der Waals surface area contributed by atoms with Crippen molar-refractivity contribution in [3.05, 3.63) is 166 Å². The summed E-state index contributed by atoms with van der Waals surface area (Å²) in [6.45, 7) is 4.49. The molecule has 3 aromatic heterocycles. The molecule has 0 amide bonds. The molecule has 0 nitrogen and oxygen atoms in total. The van der Waals surface area contributed by atoms with E-state index in [0.717, 1.165) is 0 Å². The van der Waals surface area contributed by atoms with Gasteiger partial charge in [-0.1, -0.05) is 0 Å². The molecule has 0 bridgehead atoms. The van der Waals surface area contributed by atoms with E-state index in [9.17, 15) is 0 Å². The minimum atomic E-state index is 0.140. The van der Waals surface area contributed by atoms with E-state index in [0.29, 0.717) is 0 Å². The molecule has 0 radical (unpaired) electrons. The average Bonchev–Trinajstić information content (AvgIpc) is 3.94. The second-order valence-electron chi connectivity index (χ2n) is 14.1. The van der Waals surface area contributed by atoms with Crippen LogP contribution >= 0.6 is 22.7 Å². The van der Waals surface area contributed by atoms with Crippen LogP contribution in [0.25, 0.3) is 107 Å². The van der Waals surface area contributed by atoms with E-state index in [1.54, 1.807) is 22.7 Å². The van der Waals surface area contributed by atoms with Crippen molar-refractivity contribution in [2.45, 2.75) is 13.8 Å². The molecule has 53 heavy (non-hydrogen) atoms. The van der Waals surface area contributed by atoms with Gasteiger partial charge in [-0.25, -0.2) is 0 Å². The normalized spacial score (nSPS) is 12.0. The van der Waals surface area contributed by atoms with Gasteiger partial charge in [0.2, 0.25) is 0 Å². The van der Waals surface area contributed by atoms with E-state index in [-0.39, 0.29) is 14.5 Å². The summed E-state index contributed by atoms with van der Waals surface area (Å²) in [6.07, 6.45) is 0. The van der Waals surface area contributed by atoms with Crippen LogP contribution in [0, 0.1) is 13.8 Å². The first-order valence-corrected chi connectivity index (χ1v) is 21.7. The molecule has 3 heterocycles. The molecular formula is C50H32S2Se. The maximum absolute atomic E-state index is 2.39. The molecule has 0 unspecified atom stereocenters. The van der Waals surface area contributed by atoms with E-state index in [2.05, 4.69) is 169 Å². The monoisotopic (exact) mass is 776 g/mol. The summed E-state index contributed by atoms with van der Waals surface area (Å²) in [4.78, 5) is 0. The number of hydrogen-bond acceptors (Lipinski definition) is 2. The Labute approximate surface area is 322 Å². The van der Waals surface area contributed by atoms with Crippen molar-refractivity contribution in [1.82, 2.24) is 0 Å². The van der Waals surface area contributed by atoms with Gasteiger partial charge in [0.1, 0.15) is 0 Å². The molecule has 0 aliphatic heterocycles. The molecule has 8 aromatic carbocycles. The third kappa shape index (κ3) is 4.59. The Kier molecular flexibility index (Phi) is 7.16. The predicted molar refractivity (Wildman–Crippen MR) is 235 cm³/mol. The van der Waals surface area contributed by atoms with Crippen molar-refractivity contribution in [3.63, 3.8) is 0 Å². The summed E-state index contributed by atoms with van der Waals surface area (Å²) in [5, 5.41) is 22.5. The fraction of sp³-hybridized carbons (Fsp3) is 0.0400. The van der Waals surface area contributed by atoms with Crippen LogP contribution in [-0.2, 0) is 0 Å². The zero-order valence-corrected chi connectivity index (χ0v) is 32.6. The molecule has 0 aliphatic carbocycles. The van der Waals surface area contributed by atoms with E-state index in [1.165, 1.54) is 118 Å². The molecule has 0 fully saturated rings. The fourth-order valence-electron chi connectivity index (χ4n) is 8.90. The van der Waals surface area contributed by atoms with Crippen LogP contribution < -0.4 is 0 Å². The number of fused-ring (bicyclic) bond motifs is 7. The summed E-state index contributed by atoms with van der Waals surface area (Å²) in [7, 11) is 0. The zero-order valence-electron chi connectivity index (χ0n) is 29.2. The van der Waals surface area contributed by atoms with Gasteiger partial charge >= 0.3 is 324 Å². The first kappa shape index (κ1) is 31.3. The Hall–Kier alpha value is -5.28. The van der Waals surface area contributed by atoms with Gasteiger partial charge in [0.15, 0.2) is 0 Å². The van der Waals surface area contributed by atoms with Gasteiger partial charge in [-0.2, -0.15) is 0 Å². The second-order valence-corrected chi connectivity index (χ2v) is 17.8. The predicted octanol–water partition coefficient (Wildman–Crippen LogP) is 15.1. The molecule has 0 N–H and O–H groups in total. The van der Waals surface area contributed by atoms with Gasteiger partial charge in [0.05, 0.1) is 0 Å². The number of rotatable bonds is 4. The minimum absolute atomic E-state index is 0.140. The maximum atomic E-state index is 2.39. The van der Waals surface area contributed by atoms with Crippen LogP contribution in [0.15, 0.2) is 155 Å². The Morgan fingerprint density at radius 1 is 0.340 bits per heavy atom. The summed E-state index contributed by atoms with van der Waals surface area (Å²) >= 11 is 3.72. The number of hydrogen-bond donors (Lipinski definition) is 0. The second kappa shape index (κ2) is 12.1. The van der Waals surface area contributed by atoms with Gasteiger partial charge < -0.3 is 0 Å². The van der Waals surface area contributed by atoms with Crippen LogP contribution in [0.5, 0.6) is 0 Å². The topological polar surface area (TPSA) is 0 Å². The van der Waals surface area contributed by atoms with Crippen LogP contribution in [-0.4, -0.2) is 14.5 Å². The van der Waals surface area contributed by atoms with Gasteiger partial charge in [-0.05, 0) is 0 Å². The Morgan fingerprint density at radius 3 is 1.11 bits per heavy atom. The molecule has 3 heteroatoms. The fourth-order valence-corrected chi connectivity index (χ4v) is 13.2. The third-order valence-electron chi connectivity index (χ3n) is 11.2. The van der Waals surface area contributed by atoms with Crippen molar-refractivity contribution >= 4 is 99.6 Å². The first-order valence-electron chi connectivity index (χ1n) is 18.1. The molecule has 0 aliphatic rings. The van der Waals surface area contributed by atoms with Crippen molar-refractivity contribution in [2.24, 2.45) is 0 Å². The van der Waals surface area contributed by atoms with Gasteiger partial charge in [-0.3, -0.25) is 0 Å². The molecule has 11 aromatic rings. The van der Waals surface area contributed by atoms with Crippen LogP contribution in [0.4, 0.5) is 0 Å². The molecule has 0 atom stereocenters. The molecule has 0 saturated heterocycles. The van der Waals surface area contributed by atoms with Crippen LogP contribution in [0.1, 0.15) is 11.1 Å². The molecular weight excluding hydrogens is 744 g/mol. The third-order valence-corrected chi connectivity index (χ3v) is 15.4. The number of aryl methyl sites for hydroxylation is 2. The first-order chi connectivity index (χ1) is 26.2. The van der Waals surface area contributed by atoms with E-state index in [1.807, 2.05) is 0 Å². The number of benzene rings is 8. The Balaban J connectivity index is 1.25. The van der Waals surface area contributed by atoms with E-state index in [4.69, 9.17) is 0 Å². The van der Waals surface area contributed by atoms with Crippen molar-refractivity contribution < 1.29 is 0 Å². The Morgan fingerprint density at radius 2 is 0.698 bits per heavy atom. The van der Waals surface area contributed by atoms with Gasteiger partial charge in [0, 0.05) is 0 Å². The number of thiophene rings is 2. The van der Waals surface area contributed by atoms with E-state index < -0.39 is 0 Å². The standard InChI is InChI=1S/C50H32S2Se/c1-29-25-51-27-42(29)47-35-17-7-3-13-31(35)45(32-14-4-8-18-36(32)47)39-21-12-24-44-49(39)41-23-11-22-40(50(41)53-44)46-33-15-5-9-19-37(33)48(43-28-52-26-30(43)2)38-20-10-6-16-34(38)46/h3-28H,1-2H3. The SMILES string of the molecule is Cc1cscc1-c1c2ccccc2c(-c2cccc3c2[se]c2cccc(-c4c5ccccc5c(-c5cscc5C)c5ccccc45)c23)c2ccccc12.